The lowest BCUT2D eigenvalue weighted by Crippen LogP contribution is -2.52. The number of carbonyl (C=O) groups is 3. The van der Waals surface area contributed by atoms with Crippen LogP contribution in [0.4, 0.5) is 4.39 Å². The van der Waals surface area contributed by atoms with Gasteiger partial charge in [0.05, 0.1) is 40.5 Å². The van der Waals surface area contributed by atoms with Crippen molar-refractivity contribution in [2.24, 2.45) is 11.7 Å². The predicted molar refractivity (Wildman–Crippen MR) is 148 cm³/mol. The van der Waals surface area contributed by atoms with Crippen LogP contribution in [-0.4, -0.2) is 52.9 Å². The average molecular weight is 557 g/mol. The highest BCUT2D eigenvalue weighted by Crippen LogP contribution is 2.26. The van der Waals surface area contributed by atoms with Crippen LogP contribution in [0.1, 0.15) is 43.0 Å². The molecule has 0 aliphatic carbocycles. The summed E-state index contributed by atoms with van der Waals surface area (Å²) in [6, 6.07) is 12.5. The van der Waals surface area contributed by atoms with Crippen molar-refractivity contribution < 1.29 is 18.8 Å². The van der Waals surface area contributed by atoms with E-state index in [1.54, 1.807) is 4.68 Å². The summed E-state index contributed by atoms with van der Waals surface area (Å²) in [6.45, 7) is 5.20. The van der Waals surface area contributed by atoms with Gasteiger partial charge in [-0.1, -0.05) is 43.1 Å². The van der Waals surface area contributed by atoms with E-state index in [1.165, 1.54) is 12.1 Å². The molecular weight excluding hydrogens is 523 g/mol. The highest BCUT2D eigenvalue weighted by Gasteiger charge is 2.33. The number of hydrogen-bond acceptors (Lipinski definition) is 6. The number of piperidine rings is 1. The number of aromatic nitrogens is 2. The second-order valence-electron chi connectivity index (χ2n) is 9.04. The largest absolute Gasteiger partial charge is 0.372 e. The zero-order chi connectivity index (χ0) is 28.9. The van der Waals surface area contributed by atoms with Gasteiger partial charge in [0.1, 0.15) is 12.1 Å². The number of halogens is 2. The summed E-state index contributed by atoms with van der Waals surface area (Å²) < 4.78 is 15.8. The third kappa shape index (κ3) is 8.09. The molecule has 11 heteroatoms. The van der Waals surface area contributed by atoms with Gasteiger partial charge in [-0.3, -0.25) is 19.2 Å². The number of aryl methyl sites for hydroxylation is 1. The standard InChI is InChI=1S/C17H21ClFN3O.C10H10N2O.CH3NO/c1-3-11-5-4-8-22(2)16(11)17(23)21-10-13-12(9-20)6-7-14(18)15(13)19;1-8-9-4-2-3-5-10(9)12(11-8)6-7-13;2-1-3/h6-7,11,16H,3-5,8,10H2,1-2H3,(H,21,23);2-5,7H,6H2,1H3;1H,(H2,2,3). The minimum Gasteiger partial charge on any atom is -0.372 e. The molecule has 1 saturated heterocycles. The number of benzene rings is 2. The Labute approximate surface area is 232 Å². The van der Waals surface area contributed by atoms with Crippen molar-refractivity contribution in [2.45, 2.75) is 52.2 Å². The zero-order valence-electron chi connectivity index (χ0n) is 22.4. The van der Waals surface area contributed by atoms with Crippen LogP contribution in [0.5, 0.6) is 0 Å². The molecule has 4 rings (SSSR count). The monoisotopic (exact) mass is 556 g/mol. The minimum absolute atomic E-state index is 0.0328. The van der Waals surface area contributed by atoms with Crippen molar-refractivity contribution in [3.8, 4) is 6.07 Å². The third-order valence-electron chi connectivity index (χ3n) is 6.65. The van der Waals surface area contributed by atoms with E-state index in [4.69, 9.17) is 21.7 Å². The zero-order valence-corrected chi connectivity index (χ0v) is 23.1. The van der Waals surface area contributed by atoms with Crippen molar-refractivity contribution in [1.82, 2.24) is 20.0 Å². The normalized spacial score (nSPS) is 16.6. The number of aldehydes is 1. The Morgan fingerprint density at radius 2 is 2.00 bits per heavy atom. The number of nitrogens with two attached hydrogens (primary N) is 1. The van der Waals surface area contributed by atoms with E-state index in [2.05, 4.69) is 23.1 Å². The molecule has 9 nitrogen and oxygen atoms in total. The number of hydrogen-bond donors (Lipinski definition) is 2. The lowest BCUT2D eigenvalue weighted by atomic mass is 9.87. The van der Waals surface area contributed by atoms with E-state index in [-0.39, 0.29) is 41.1 Å². The predicted octanol–water partition coefficient (Wildman–Crippen LogP) is 3.73. The van der Waals surface area contributed by atoms with Crippen LogP contribution in [0, 0.1) is 30.0 Å². The van der Waals surface area contributed by atoms with Gasteiger partial charge in [-0.25, -0.2) is 4.39 Å². The number of para-hydroxylation sites is 1. The first-order valence-electron chi connectivity index (χ1n) is 12.6. The van der Waals surface area contributed by atoms with Gasteiger partial charge >= 0.3 is 0 Å². The van der Waals surface area contributed by atoms with Crippen LogP contribution in [0.25, 0.3) is 10.9 Å². The van der Waals surface area contributed by atoms with Crippen LogP contribution in [0.2, 0.25) is 5.02 Å². The minimum atomic E-state index is -0.643. The molecule has 3 N–H and O–H groups in total. The van der Waals surface area contributed by atoms with Gasteiger partial charge in [-0.2, -0.15) is 10.4 Å². The molecule has 1 aliphatic rings. The molecule has 39 heavy (non-hydrogen) atoms. The van der Waals surface area contributed by atoms with Crippen LogP contribution in [0.15, 0.2) is 36.4 Å². The van der Waals surface area contributed by atoms with Crippen LogP contribution in [0.3, 0.4) is 0 Å². The average Bonchev–Trinajstić information content (AvgIpc) is 3.25. The first-order chi connectivity index (χ1) is 18.7. The molecule has 0 spiro atoms. The second kappa shape index (κ2) is 15.6. The smallest absolute Gasteiger partial charge is 0.237 e. The summed E-state index contributed by atoms with van der Waals surface area (Å²) in [5.74, 6) is -0.467. The summed E-state index contributed by atoms with van der Waals surface area (Å²) >= 11 is 5.77. The highest BCUT2D eigenvalue weighted by molar-refractivity contribution is 6.30. The molecular formula is C28H34ClFN6O3. The van der Waals surface area contributed by atoms with E-state index < -0.39 is 5.82 Å². The Balaban J connectivity index is 0.000000279. The number of nitrogens with zero attached hydrogens (tertiary/aromatic N) is 4. The van der Waals surface area contributed by atoms with E-state index in [1.807, 2.05) is 49.2 Å². The molecule has 1 fully saturated rings. The van der Waals surface area contributed by atoms with E-state index in [9.17, 15) is 14.0 Å². The number of carbonyl (C=O) groups excluding carboxylic acids is 3. The molecule has 2 atom stereocenters. The Kier molecular flexibility index (Phi) is 12.5. The van der Waals surface area contributed by atoms with Crippen molar-refractivity contribution in [3.63, 3.8) is 0 Å². The number of fused-ring (bicyclic) bond motifs is 1. The molecule has 0 saturated carbocycles. The maximum Gasteiger partial charge on any atom is 0.237 e. The summed E-state index contributed by atoms with van der Waals surface area (Å²) in [5.41, 5.74) is 6.49. The highest BCUT2D eigenvalue weighted by atomic mass is 35.5. The quantitative estimate of drug-likeness (QED) is 0.444. The molecule has 1 aromatic heterocycles. The summed E-state index contributed by atoms with van der Waals surface area (Å²) in [4.78, 5) is 33.6. The van der Waals surface area contributed by atoms with Gasteiger partial charge in [0.2, 0.25) is 12.3 Å². The summed E-state index contributed by atoms with van der Waals surface area (Å²) in [7, 11) is 1.94. The Hall–Kier alpha value is -3.81. The van der Waals surface area contributed by atoms with Gasteiger partial charge in [0, 0.05) is 17.5 Å². The summed E-state index contributed by atoms with van der Waals surface area (Å²) in [5, 5.41) is 17.2. The van der Waals surface area contributed by atoms with Crippen molar-refractivity contribution in [1.29, 1.82) is 5.26 Å². The molecule has 2 heterocycles. The van der Waals surface area contributed by atoms with Crippen molar-refractivity contribution >= 4 is 41.1 Å². The Bertz CT molecular complexity index is 1320. The van der Waals surface area contributed by atoms with E-state index in [0.29, 0.717) is 12.5 Å². The number of nitriles is 1. The van der Waals surface area contributed by atoms with Crippen LogP contribution in [-0.2, 0) is 27.5 Å². The first kappa shape index (κ1) is 31.4. The molecule has 2 aromatic carbocycles. The lowest BCUT2D eigenvalue weighted by Gasteiger charge is -2.37. The topological polar surface area (TPSA) is 134 Å². The Morgan fingerprint density at radius 1 is 1.31 bits per heavy atom. The fourth-order valence-electron chi connectivity index (χ4n) is 4.75. The second-order valence-corrected chi connectivity index (χ2v) is 9.45. The number of primary amides is 1. The maximum atomic E-state index is 14.1. The fourth-order valence-corrected chi connectivity index (χ4v) is 4.93. The molecule has 1 aliphatic heterocycles. The SMILES string of the molecule is CCC1CCCN(C)C1C(=O)NCc1c(C#N)ccc(Cl)c1F.Cc1nn(CC=O)c2ccccc12.NC=O. The number of nitrogens with one attached hydrogen (secondary N) is 1. The van der Waals surface area contributed by atoms with E-state index in [0.717, 1.165) is 48.7 Å². The van der Waals surface area contributed by atoms with Gasteiger partial charge < -0.3 is 15.8 Å². The summed E-state index contributed by atoms with van der Waals surface area (Å²) in [6.07, 6.45) is 4.14. The molecule has 2 amide bonds. The van der Waals surface area contributed by atoms with Gasteiger partial charge in [0.25, 0.3) is 0 Å². The number of likely N-dealkylation sites (tertiary alicyclic amines) is 1. The molecule has 3 aromatic rings. The molecule has 0 bridgehead atoms. The van der Waals surface area contributed by atoms with Gasteiger partial charge in [0.15, 0.2) is 0 Å². The van der Waals surface area contributed by atoms with Crippen LogP contribution >= 0.6 is 11.6 Å². The third-order valence-corrected chi connectivity index (χ3v) is 6.94. The number of rotatable bonds is 6. The molecule has 2 unspecified atom stereocenters. The lowest BCUT2D eigenvalue weighted by molar-refractivity contribution is -0.129. The Morgan fingerprint density at radius 3 is 2.64 bits per heavy atom. The van der Waals surface area contributed by atoms with Crippen molar-refractivity contribution in [2.75, 3.05) is 13.6 Å². The number of amides is 2. The van der Waals surface area contributed by atoms with Crippen LogP contribution < -0.4 is 11.1 Å². The maximum absolute atomic E-state index is 14.1. The van der Waals surface area contributed by atoms with Crippen molar-refractivity contribution in [3.05, 3.63) is 64.1 Å². The van der Waals surface area contributed by atoms with Gasteiger partial charge in [-0.05, 0) is 57.5 Å². The van der Waals surface area contributed by atoms with E-state index >= 15 is 0 Å². The molecule has 0 radical (unpaired) electrons. The fraction of sp³-hybridized carbons (Fsp3) is 0.393. The first-order valence-corrected chi connectivity index (χ1v) is 13.0. The molecule has 208 valence electrons. The number of likely N-dealkylation sites (N-methyl/N-ethyl adjacent to an activating group) is 1. The van der Waals surface area contributed by atoms with Gasteiger partial charge in [-0.15, -0.1) is 0 Å².